The van der Waals surface area contributed by atoms with Gasteiger partial charge in [-0.2, -0.15) is 5.21 Å². The Bertz CT molecular complexity index is 1220. The lowest BCUT2D eigenvalue weighted by Gasteiger charge is -2.35. The molecule has 31 heavy (non-hydrogen) atoms. The standard InChI is InChI=1S/C22H24N8O/c1-3-18-24-19-20(25-18)30(14-23-19)15(2)22(21-26-28-29-27-21)11-9-17(10-12-22)31-13-16-7-5-4-6-8-16/h4-11,14-15H,3,12-13H2,1-2H3,(H,24,25)(H,26,27,28,29). The maximum Gasteiger partial charge on any atom is 0.186 e. The van der Waals surface area contributed by atoms with Crippen molar-refractivity contribution in [3.63, 3.8) is 0 Å². The second-order valence-electron chi connectivity index (χ2n) is 7.73. The molecule has 1 aliphatic rings. The molecule has 2 N–H and O–H groups in total. The fourth-order valence-corrected chi connectivity index (χ4v) is 4.05. The van der Waals surface area contributed by atoms with Crippen LogP contribution in [-0.4, -0.2) is 40.1 Å². The van der Waals surface area contributed by atoms with E-state index in [2.05, 4.69) is 73.3 Å². The summed E-state index contributed by atoms with van der Waals surface area (Å²) in [6.45, 7) is 4.72. The zero-order valence-corrected chi connectivity index (χ0v) is 17.5. The molecule has 1 aliphatic carbocycles. The van der Waals surface area contributed by atoms with Crippen LogP contribution >= 0.6 is 0 Å². The van der Waals surface area contributed by atoms with Crippen molar-refractivity contribution >= 4 is 11.3 Å². The Morgan fingerprint density at radius 1 is 1.26 bits per heavy atom. The Morgan fingerprint density at radius 2 is 2.13 bits per heavy atom. The number of allylic oxidation sites excluding steroid dienone is 3. The molecule has 0 spiro atoms. The summed E-state index contributed by atoms with van der Waals surface area (Å²) in [5, 5.41) is 15.1. The lowest BCUT2D eigenvalue weighted by molar-refractivity contribution is 0.204. The van der Waals surface area contributed by atoms with Gasteiger partial charge in [0.25, 0.3) is 0 Å². The van der Waals surface area contributed by atoms with Crippen molar-refractivity contribution in [1.82, 2.24) is 40.1 Å². The maximum atomic E-state index is 6.01. The Morgan fingerprint density at radius 3 is 2.84 bits per heavy atom. The molecule has 5 rings (SSSR count). The number of aryl methyl sites for hydroxylation is 1. The number of nitrogens with one attached hydrogen (secondary N) is 2. The van der Waals surface area contributed by atoms with E-state index in [-0.39, 0.29) is 6.04 Å². The summed E-state index contributed by atoms with van der Waals surface area (Å²) >= 11 is 0. The summed E-state index contributed by atoms with van der Waals surface area (Å²) in [4.78, 5) is 12.5. The largest absolute Gasteiger partial charge is 0.489 e. The maximum absolute atomic E-state index is 6.01. The lowest BCUT2D eigenvalue weighted by atomic mass is 9.74. The van der Waals surface area contributed by atoms with Crippen LogP contribution in [0, 0.1) is 0 Å². The average molecular weight is 416 g/mol. The number of H-pyrrole nitrogens is 2. The summed E-state index contributed by atoms with van der Waals surface area (Å²) in [7, 11) is 0. The Balaban J connectivity index is 1.44. The molecule has 4 aromatic rings. The van der Waals surface area contributed by atoms with E-state index >= 15 is 0 Å². The molecule has 2 atom stereocenters. The van der Waals surface area contributed by atoms with E-state index in [4.69, 9.17) is 9.72 Å². The number of tetrazole rings is 1. The van der Waals surface area contributed by atoms with Gasteiger partial charge in [0.2, 0.25) is 0 Å². The first kappa shape index (κ1) is 19.2. The third kappa shape index (κ3) is 3.41. The molecule has 9 nitrogen and oxygen atoms in total. The molecule has 0 amide bonds. The van der Waals surface area contributed by atoms with Crippen molar-refractivity contribution in [3.8, 4) is 0 Å². The normalized spacial score (nSPS) is 19.5. The van der Waals surface area contributed by atoms with Crippen LogP contribution in [0.25, 0.3) is 11.3 Å². The molecule has 1 aromatic carbocycles. The molecule has 0 saturated carbocycles. The van der Waals surface area contributed by atoms with Crippen LogP contribution in [0.15, 0.2) is 60.6 Å². The first-order valence-electron chi connectivity index (χ1n) is 10.4. The van der Waals surface area contributed by atoms with E-state index in [1.807, 2.05) is 30.6 Å². The highest BCUT2D eigenvalue weighted by atomic mass is 16.5. The van der Waals surface area contributed by atoms with Gasteiger partial charge in [-0.15, -0.1) is 10.2 Å². The molecular weight excluding hydrogens is 392 g/mol. The minimum absolute atomic E-state index is 0.0497. The minimum Gasteiger partial charge on any atom is -0.489 e. The van der Waals surface area contributed by atoms with E-state index in [9.17, 15) is 0 Å². The average Bonchev–Trinajstić information content (AvgIpc) is 3.56. The second-order valence-corrected chi connectivity index (χ2v) is 7.73. The fraction of sp³-hybridized carbons (Fsp3) is 0.318. The van der Waals surface area contributed by atoms with Crippen LogP contribution in [-0.2, 0) is 23.2 Å². The van der Waals surface area contributed by atoms with Gasteiger partial charge in [0.05, 0.1) is 17.8 Å². The molecule has 2 unspecified atom stereocenters. The quantitative estimate of drug-likeness (QED) is 0.478. The SMILES string of the molecule is CCc1nc2c(ncn2C(C)C2(c3nn[nH]n3)C=CC(OCc3ccccc3)=CC2)[nH]1. The van der Waals surface area contributed by atoms with Crippen LogP contribution in [0.1, 0.15) is 43.5 Å². The second kappa shape index (κ2) is 7.82. The van der Waals surface area contributed by atoms with Gasteiger partial charge in [0.15, 0.2) is 17.1 Å². The monoisotopic (exact) mass is 416 g/mol. The molecule has 0 radical (unpaired) electrons. The van der Waals surface area contributed by atoms with E-state index in [1.54, 1.807) is 0 Å². The van der Waals surface area contributed by atoms with Crippen LogP contribution in [0.2, 0.25) is 0 Å². The van der Waals surface area contributed by atoms with Gasteiger partial charge in [0, 0.05) is 6.42 Å². The number of imidazole rings is 2. The number of fused-ring (bicyclic) bond motifs is 1. The van der Waals surface area contributed by atoms with E-state index in [0.29, 0.717) is 18.9 Å². The molecule has 0 fully saturated rings. The number of hydrogen-bond acceptors (Lipinski definition) is 6. The minimum atomic E-state index is -0.508. The van der Waals surface area contributed by atoms with Gasteiger partial charge in [-0.25, -0.2) is 9.97 Å². The number of benzene rings is 1. The summed E-state index contributed by atoms with van der Waals surface area (Å²) < 4.78 is 8.09. The zero-order valence-electron chi connectivity index (χ0n) is 17.5. The smallest absolute Gasteiger partial charge is 0.186 e. The Kier molecular flexibility index (Phi) is 4.85. The molecule has 3 aromatic heterocycles. The number of aromatic nitrogens is 8. The van der Waals surface area contributed by atoms with Gasteiger partial charge >= 0.3 is 0 Å². The summed E-state index contributed by atoms with van der Waals surface area (Å²) in [6.07, 6.45) is 9.51. The number of hydrogen-bond donors (Lipinski definition) is 2. The molecule has 0 aliphatic heterocycles. The van der Waals surface area contributed by atoms with Crippen molar-refractivity contribution in [2.45, 2.75) is 44.8 Å². The first-order valence-corrected chi connectivity index (χ1v) is 10.4. The predicted octanol–water partition coefficient (Wildman–Crippen LogP) is 3.39. The lowest BCUT2D eigenvalue weighted by Crippen LogP contribution is -2.36. The molecular formula is C22H24N8O. The van der Waals surface area contributed by atoms with Crippen molar-refractivity contribution < 1.29 is 4.74 Å². The highest BCUT2D eigenvalue weighted by Gasteiger charge is 2.42. The first-order chi connectivity index (χ1) is 15.2. The molecule has 0 bridgehead atoms. The number of rotatable bonds is 7. The van der Waals surface area contributed by atoms with Crippen molar-refractivity contribution in [1.29, 1.82) is 0 Å². The zero-order chi connectivity index (χ0) is 21.3. The van der Waals surface area contributed by atoms with Crippen LogP contribution < -0.4 is 0 Å². The van der Waals surface area contributed by atoms with Crippen molar-refractivity contribution in [2.75, 3.05) is 0 Å². The van der Waals surface area contributed by atoms with E-state index < -0.39 is 5.41 Å². The van der Waals surface area contributed by atoms with E-state index in [0.717, 1.165) is 34.9 Å². The predicted molar refractivity (Wildman–Crippen MR) is 115 cm³/mol. The van der Waals surface area contributed by atoms with Crippen LogP contribution in [0.4, 0.5) is 0 Å². The number of aromatic amines is 2. The van der Waals surface area contributed by atoms with Gasteiger partial charge < -0.3 is 14.3 Å². The third-order valence-electron chi connectivity index (χ3n) is 5.96. The molecule has 158 valence electrons. The summed E-state index contributed by atoms with van der Waals surface area (Å²) in [5.41, 5.74) is 2.24. The molecule has 9 heteroatoms. The van der Waals surface area contributed by atoms with Gasteiger partial charge in [-0.05, 0) is 31.1 Å². The van der Waals surface area contributed by atoms with Gasteiger partial charge in [-0.3, -0.25) is 0 Å². The third-order valence-corrected chi connectivity index (χ3v) is 5.96. The van der Waals surface area contributed by atoms with Crippen molar-refractivity contribution in [2.24, 2.45) is 0 Å². The topological polar surface area (TPSA) is 110 Å². The fourth-order valence-electron chi connectivity index (χ4n) is 4.05. The highest BCUT2D eigenvalue weighted by Crippen LogP contribution is 2.42. The summed E-state index contributed by atoms with van der Waals surface area (Å²) in [5.74, 6) is 2.38. The van der Waals surface area contributed by atoms with Crippen LogP contribution in [0.5, 0.6) is 0 Å². The number of ether oxygens (including phenoxy) is 1. The van der Waals surface area contributed by atoms with Gasteiger partial charge in [-0.1, -0.05) is 48.5 Å². The molecule has 0 saturated heterocycles. The van der Waals surface area contributed by atoms with Crippen LogP contribution in [0.3, 0.4) is 0 Å². The van der Waals surface area contributed by atoms with Gasteiger partial charge in [0.1, 0.15) is 18.2 Å². The van der Waals surface area contributed by atoms with Crippen molar-refractivity contribution in [3.05, 3.63) is 77.9 Å². The highest BCUT2D eigenvalue weighted by molar-refractivity contribution is 5.67. The number of nitrogens with zero attached hydrogens (tertiary/aromatic N) is 6. The molecule has 3 heterocycles. The Hall–Kier alpha value is -3.75. The Labute approximate surface area is 179 Å². The summed E-state index contributed by atoms with van der Waals surface area (Å²) in [6, 6.07) is 10.1. The van der Waals surface area contributed by atoms with E-state index in [1.165, 1.54) is 0 Å².